The Morgan fingerprint density at radius 2 is 0.946 bits per heavy atom. The molecular formula is C34H23N3. The first-order valence-corrected chi connectivity index (χ1v) is 12.3. The fourth-order valence-electron chi connectivity index (χ4n) is 5.30. The van der Waals surface area contributed by atoms with E-state index in [1.165, 1.54) is 11.1 Å². The average Bonchev–Trinajstić information content (AvgIpc) is 2.97. The molecule has 37 heavy (non-hydrogen) atoms. The van der Waals surface area contributed by atoms with Crippen LogP contribution in [0.4, 0.5) is 17.1 Å². The molecule has 5 aromatic carbocycles. The number of nitrogens with zero attached hydrogens (tertiary/aromatic N) is 3. The second-order valence-electron chi connectivity index (χ2n) is 9.25. The van der Waals surface area contributed by atoms with Crippen molar-refractivity contribution in [2.75, 3.05) is 4.90 Å². The molecule has 0 atom stereocenters. The number of fused-ring (bicyclic) bond motifs is 5. The SMILES string of the molecule is N#Cc1ccc2c(c1)Cc1ccccc1N(c1ccccc1)c1ccccc1Cc1cc(C#N)ccc1-2. The summed E-state index contributed by atoms with van der Waals surface area (Å²) in [4.78, 5) is 2.33. The molecule has 5 aromatic rings. The van der Waals surface area contributed by atoms with Crippen molar-refractivity contribution < 1.29 is 0 Å². The fraction of sp³-hybridized carbons (Fsp3) is 0.0588. The Morgan fingerprint density at radius 1 is 0.486 bits per heavy atom. The maximum atomic E-state index is 9.68. The molecule has 0 fully saturated rings. The van der Waals surface area contributed by atoms with Gasteiger partial charge in [0, 0.05) is 29.9 Å². The normalized spacial score (nSPS) is 12.0. The molecule has 0 bridgehead atoms. The van der Waals surface area contributed by atoms with Gasteiger partial charge in [-0.2, -0.15) is 10.5 Å². The van der Waals surface area contributed by atoms with Crippen LogP contribution in [0.3, 0.4) is 0 Å². The monoisotopic (exact) mass is 473 g/mol. The van der Waals surface area contributed by atoms with Gasteiger partial charge in [-0.25, -0.2) is 0 Å². The molecule has 3 nitrogen and oxygen atoms in total. The zero-order valence-electron chi connectivity index (χ0n) is 20.2. The van der Waals surface area contributed by atoms with E-state index in [2.05, 4.69) is 102 Å². The van der Waals surface area contributed by atoms with Gasteiger partial charge in [-0.15, -0.1) is 0 Å². The third-order valence-corrected chi connectivity index (χ3v) is 7.00. The number of nitriles is 2. The molecule has 0 aromatic heterocycles. The lowest BCUT2D eigenvalue weighted by molar-refractivity contribution is 1.14. The highest BCUT2D eigenvalue weighted by atomic mass is 15.1. The van der Waals surface area contributed by atoms with Crippen LogP contribution in [0, 0.1) is 22.7 Å². The van der Waals surface area contributed by atoms with Gasteiger partial charge in [0.2, 0.25) is 0 Å². The van der Waals surface area contributed by atoms with Crippen LogP contribution in [0.5, 0.6) is 0 Å². The highest BCUT2D eigenvalue weighted by Gasteiger charge is 2.22. The van der Waals surface area contributed by atoms with E-state index < -0.39 is 0 Å². The lowest BCUT2D eigenvalue weighted by Crippen LogP contribution is -2.14. The number of para-hydroxylation sites is 3. The van der Waals surface area contributed by atoms with Crippen LogP contribution in [-0.2, 0) is 12.8 Å². The van der Waals surface area contributed by atoms with E-state index in [0.717, 1.165) is 39.3 Å². The summed E-state index contributed by atoms with van der Waals surface area (Å²) < 4.78 is 0. The predicted molar refractivity (Wildman–Crippen MR) is 148 cm³/mol. The number of hydrogen-bond acceptors (Lipinski definition) is 3. The summed E-state index contributed by atoms with van der Waals surface area (Å²) in [5, 5.41) is 19.4. The van der Waals surface area contributed by atoms with Gasteiger partial charge in [0.05, 0.1) is 23.3 Å². The summed E-state index contributed by atoms with van der Waals surface area (Å²) in [5.74, 6) is 0. The summed E-state index contributed by atoms with van der Waals surface area (Å²) in [7, 11) is 0. The molecule has 0 unspecified atom stereocenters. The first-order valence-electron chi connectivity index (χ1n) is 12.3. The van der Waals surface area contributed by atoms with E-state index in [4.69, 9.17) is 0 Å². The number of anilines is 3. The van der Waals surface area contributed by atoms with Gasteiger partial charge < -0.3 is 4.90 Å². The molecule has 6 rings (SSSR count). The highest BCUT2D eigenvalue weighted by molar-refractivity contribution is 5.82. The Bertz CT molecular complexity index is 1600. The molecule has 0 amide bonds. The number of rotatable bonds is 1. The lowest BCUT2D eigenvalue weighted by atomic mass is 9.88. The van der Waals surface area contributed by atoms with Crippen LogP contribution >= 0.6 is 0 Å². The number of benzene rings is 5. The molecule has 1 aliphatic rings. The summed E-state index contributed by atoms with van der Waals surface area (Å²) in [6, 6.07) is 44.0. The van der Waals surface area contributed by atoms with Crippen molar-refractivity contribution in [2.45, 2.75) is 12.8 Å². The van der Waals surface area contributed by atoms with E-state index in [9.17, 15) is 10.5 Å². The Hall–Kier alpha value is -5.12. The molecule has 1 aliphatic heterocycles. The van der Waals surface area contributed by atoms with Gasteiger partial charge in [0.25, 0.3) is 0 Å². The molecule has 0 saturated heterocycles. The third-order valence-electron chi connectivity index (χ3n) is 7.00. The second kappa shape index (κ2) is 9.50. The van der Waals surface area contributed by atoms with Gasteiger partial charge in [0.15, 0.2) is 0 Å². The summed E-state index contributed by atoms with van der Waals surface area (Å²) >= 11 is 0. The van der Waals surface area contributed by atoms with Gasteiger partial charge in [-0.1, -0.05) is 66.7 Å². The van der Waals surface area contributed by atoms with Crippen molar-refractivity contribution in [2.24, 2.45) is 0 Å². The molecule has 0 spiro atoms. The van der Waals surface area contributed by atoms with Crippen molar-refractivity contribution in [1.82, 2.24) is 0 Å². The fourth-order valence-corrected chi connectivity index (χ4v) is 5.30. The Morgan fingerprint density at radius 3 is 1.43 bits per heavy atom. The average molecular weight is 474 g/mol. The first kappa shape index (κ1) is 22.4. The maximum Gasteiger partial charge on any atom is 0.0991 e. The molecule has 0 radical (unpaired) electrons. The largest absolute Gasteiger partial charge is 0.310 e. The van der Waals surface area contributed by atoms with Gasteiger partial charge in [0.1, 0.15) is 0 Å². The maximum absolute atomic E-state index is 9.68. The zero-order chi connectivity index (χ0) is 25.2. The number of hydrogen-bond donors (Lipinski definition) is 0. The molecular weight excluding hydrogens is 450 g/mol. The summed E-state index contributed by atoms with van der Waals surface area (Å²) in [6.07, 6.45) is 1.35. The molecule has 0 N–H and O–H groups in total. The van der Waals surface area contributed by atoms with Crippen LogP contribution in [0.25, 0.3) is 11.1 Å². The van der Waals surface area contributed by atoms with Gasteiger partial charge >= 0.3 is 0 Å². The van der Waals surface area contributed by atoms with E-state index in [1.54, 1.807) is 0 Å². The van der Waals surface area contributed by atoms with E-state index >= 15 is 0 Å². The Kier molecular flexibility index (Phi) is 5.74. The molecule has 0 aliphatic carbocycles. The van der Waals surface area contributed by atoms with Crippen LogP contribution in [0.15, 0.2) is 115 Å². The Labute approximate surface area is 217 Å². The highest BCUT2D eigenvalue weighted by Crippen LogP contribution is 2.42. The molecule has 0 saturated carbocycles. The van der Waals surface area contributed by atoms with Crippen molar-refractivity contribution >= 4 is 17.1 Å². The first-order chi connectivity index (χ1) is 18.2. The topological polar surface area (TPSA) is 50.8 Å². The van der Waals surface area contributed by atoms with E-state index in [-0.39, 0.29) is 0 Å². The van der Waals surface area contributed by atoms with E-state index in [0.29, 0.717) is 24.0 Å². The molecule has 1 heterocycles. The van der Waals surface area contributed by atoms with Crippen LogP contribution in [-0.4, -0.2) is 0 Å². The van der Waals surface area contributed by atoms with Crippen LogP contribution in [0.1, 0.15) is 33.4 Å². The molecule has 174 valence electrons. The van der Waals surface area contributed by atoms with Crippen molar-refractivity contribution in [3.8, 4) is 23.3 Å². The van der Waals surface area contributed by atoms with Crippen molar-refractivity contribution in [3.05, 3.63) is 149 Å². The van der Waals surface area contributed by atoms with Crippen molar-refractivity contribution in [1.29, 1.82) is 10.5 Å². The van der Waals surface area contributed by atoms with Gasteiger partial charge in [-0.3, -0.25) is 0 Å². The molecule has 3 heteroatoms. The summed E-state index contributed by atoms with van der Waals surface area (Å²) in [5.41, 5.74) is 11.3. The minimum absolute atomic E-state index is 0.643. The van der Waals surface area contributed by atoms with Crippen LogP contribution < -0.4 is 4.90 Å². The van der Waals surface area contributed by atoms with Gasteiger partial charge in [-0.05, 0) is 81.9 Å². The Balaban J connectivity index is 1.70. The quantitative estimate of drug-likeness (QED) is 0.243. The standard InChI is InChI=1S/C34H23N3/c35-22-24-14-16-31-28(18-24)20-26-8-4-6-12-33(26)37(30-10-2-1-3-11-30)34-13-7-5-9-27(34)21-29-19-25(23-36)15-17-32(29)31/h1-19H,20-21H2. The van der Waals surface area contributed by atoms with Crippen LogP contribution in [0.2, 0.25) is 0 Å². The minimum atomic E-state index is 0.643. The van der Waals surface area contributed by atoms with Crippen molar-refractivity contribution in [3.63, 3.8) is 0 Å². The summed E-state index contributed by atoms with van der Waals surface area (Å²) in [6.45, 7) is 0. The zero-order valence-corrected chi connectivity index (χ0v) is 20.2. The second-order valence-corrected chi connectivity index (χ2v) is 9.25. The minimum Gasteiger partial charge on any atom is -0.310 e. The third kappa shape index (κ3) is 4.14. The smallest absolute Gasteiger partial charge is 0.0991 e. The lowest BCUT2D eigenvalue weighted by Gasteiger charge is -2.29. The van der Waals surface area contributed by atoms with E-state index in [1.807, 2.05) is 30.3 Å². The predicted octanol–water partition coefficient (Wildman–Crippen LogP) is 8.06.